The molecular weight excluding hydrogens is 482 g/mol. The third kappa shape index (κ3) is 7.22. The number of rotatable bonds is 9. The summed E-state index contributed by atoms with van der Waals surface area (Å²) in [5.41, 5.74) is -2.72. The minimum absolute atomic E-state index is 0.0217. The molecule has 0 bridgehead atoms. The van der Waals surface area contributed by atoms with Crippen LogP contribution in [0.3, 0.4) is 0 Å². The first kappa shape index (κ1) is 26.6. The maximum absolute atomic E-state index is 14.7. The van der Waals surface area contributed by atoms with Gasteiger partial charge in [-0.15, -0.1) is 0 Å². The predicted molar refractivity (Wildman–Crippen MR) is 123 cm³/mol. The van der Waals surface area contributed by atoms with Crippen LogP contribution < -0.4 is 10.6 Å². The molecule has 1 amide bonds. The lowest BCUT2D eigenvalue weighted by atomic mass is 9.88. The van der Waals surface area contributed by atoms with Crippen molar-refractivity contribution in [3.05, 3.63) is 71.5 Å². The second kappa shape index (κ2) is 11.6. The summed E-state index contributed by atoms with van der Waals surface area (Å²) in [5, 5.41) is 13.4. The number of alkyl halides is 3. The number of halogens is 4. The van der Waals surface area contributed by atoms with Gasteiger partial charge in [0.05, 0.1) is 6.07 Å². The highest BCUT2D eigenvalue weighted by Crippen LogP contribution is 2.40. The summed E-state index contributed by atoms with van der Waals surface area (Å²) >= 11 is -1.73. The molecule has 0 radical (unpaired) electrons. The molecule has 2 aromatic carbocycles. The molecule has 1 saturated carbocycles. The molecule has 0 spiro atoms. The van der Waals surface area contributed by atoms with E-state index in [1.165, 1.54) is 0 Å². The van der Waals surface area contributed by atoms with E-state index in [1.807, 2.05) is 0 Å². The molecule has 0 heterocycles. The van der Waals surface area contributed by atoms with E-state index in [0.29, 0.717) is 18.4 Å². The molecule has 10 heteroatoms. The van der Waals surface area contributed by atoms with Gasteiger partial charge in [0.25, 0.3) is 0 Å². The standard InChI is InChI=1S/C25H23F4N3O2S/c26-21-10-8-20(9-11-21)24(25(27,28)29,13-12-18-6-7-18)32-22(23(33)31-15-14-30)17-35(34)16-19-4-2-1-3-5-19/h1-5,8-11,18,22,32H,6-7,15-17H2,(H,31,33)/t22-,24-,35?/m0/s1. The minimum atomic E-state index is -5.01. The normalized spacial score (nSPS) is 16.7. The molecule has 2 N–H and O–H groups in total. The van der Waals surface area contributed by atoms with Crippen LogP contribution in [0.4, 0.5) is 17.6 Å². The highest BCUT2D eigenvalue weighted by molar-refractivity contribution is 7.90. The molecule has 1 fully saturated rings. The van der Waals surface area contributed by atoms with Crippen LogP contribution in [0, 0.1) is 34.9 Å². The van der Waals surface area contributed by atoms with Gasteiger partial charge in [-0.3, -0.25) is 10.1 Å². The Morgan fingerprint density at radius 3 is 2.37 bits per heavy atom. The summed E-state index contributed by atoms with van der Waals surface area (Å²) in [4.78, 5) is 12.8. The van der Waals surface area contributed by atoms with Gasteiger partial charge in [0.15, 0.2) is 0 Å². The van der Waals surface area contributed by atoms with Crippen molar-refractivity contribution in [1.29, 1.82) is 5.26 Å². The Hall–Kier alpha value is -3.05. The number of hydrogen-bond donors (Lipinski definition) is 2. The molecule has 184 valence electrons. The summed E-state index contributed by atoms with van der Waals surface area (Å²) in [6, 6.07) is 12.5. The first-order chi connectivity index (χ1) is 16.6. The van der Waals surface area contributed by atoms with Gasteiger partial charge in [-0.2, -0.15) is 18.4 Å². The Bertz CT molecular complexity index is 1110. The predicted octanol–water partition coefficient (Wildman–Crippen LogP) is 3.54. The molecule has 5 nitrogen and oxygen atoms in total. The second-order valence-corrected chi connectivity index (χ2v) is 9.61. The zero-order chi connectivity index (χ0) is 25.5. The highest BCUT2D eigenvalue weighted by Gasteiger charge is 2.57. The number of benzene rings is 2. The first-order valence-corrected chi connectivity index (χ1v) is 12.3. The zero-order valence-electron chi connectivity index (χ0n) is 18.6. The summed E-state index contributed by atoms with van der Waals surface area (Å²) < 4.78 is 70.4. The molecule has 35 heavy (non-hydrogen) atoms. The molecule has 0 aliphatic heterocycles. The van der Waals surface area contributed by atoms with Crippen LogP contribution >= 0.6 is 0 Å². The summed E-state index contributed by atoms with van der Waals surface area (Å²) in [7, 11) is 0. The van der Waals surface area contributed by atoms with Crippen molar-refractivity contribution in [2.24, 2.45) is 5.92 Å². The Morgan fingerprint density at radius 1 is 1.14 bits per heavy atom. The van der Waals surface area contributed by atoms with E-state index < -0.39 is 58.5 Å². The minimum Gasteiger partial charge on any atom is -0.616 e. The Balaban J connectivity index is 1.99. The second-order valence-electron chi connectivity index (χ2n) is 8.11. The largest absolute Gasteiger partial charge is 0.616 e. The van der Waals surface area contributed by atoms with Gasteiger partial charge in [0.1, 0.15) is 29.9 Å². The molecule has 0 aromatic heterocycles. The molecule has 1 aliphatic carbocycles. The van der Waals surface area contributed by atoms with Gasteiger partial charge in [0, 0.05) is 11.5 Å². The van der Waals surface area contributed by atoms with Crippen LogP contribution in [-0.2, 0) is 27.3 Å². The number of nitrogens with one attached hydrogen (secondary N) is 2. The average molecular weight is 506 g/mol. The van der Waals surface area contributed by atoms with Crippen molar-refractivity contribution in [3.8, 4) is 17.9 Å². The van der Waals surface area contributed by atoms with Crippen molar-refractivity contribution in [3.63, 3.8) is 0 Å². The maximum Gasteiger partial charge on any atom is 0.422 e. The number of carbonyl (C=O) groups excluding carboxylic acids is 1. The quantitative estimate of drug-likeness (QED) is 0.236. The van der Waals surface area contributed by atoms with Gasteiger partial charge < -0.3 is 9.87 Å². The van der Waals surface area contributed by atoms with Gasteiger partial charge >= 0.3 is 6.18 Å². The van der Waals surface area contributed by atoms with Crippen molar-refractivity contribution in [1.82, 2.24) is 10.6 Å². The average Bonchev–Trinajstić information content (AvgIpc) is 3.64. The molecule has 3 atom stereocenters. The SMILES string of the molecule is N#CCNC(=O)[C@H](C[S+]([O-])Cc1ccccc1)N[C@@](C#CC1CC1)(c1ccc(F)cc1)C(F)(F)F. The lowest BCUT2D eigenvalue weighted by molar-refractivity contribution is -0.184. The van der Waals surface area contributed by atoms with Crippen LogP contribution in [0.1, 0.15) is 24.0 Å². The molecular formula is C25H23F4N3O2S. The molecule has 1 unspecified atom stereocenters. The fraction of sp³-hybridized carbons (Fsp3) is 0.360. The summed E-state index contributed by atoms with van der Waals surface area (Å²) in [5.74, 6) is 2.61. The van der Waals surface area contributed by atoms with Crippen LogP contribution in [-0.4, -0.2) is 35.0 Å². The van der Waals surface area contributed by atoms with Crippen LogP contribution in [0.2, 0.25) is 0 Å². The van der Waals surface area contributed by atoms with Crippen LogP contribution in [0.5, 0.6) is 0 Å². The van der Waals surface area contributed by atoms with E-state index in [4.69, 9.17) is 5.26 Å². The van der Waals surface area contributed by atoms with Crippen molar-refractivity contribution in [2.75, 3.05) is 12.3 Å². The van der Waals surface area contributed by atoms with E-state index in [2.05, 4.69) is 22.5 Å². The lowest BCUT2D eigenvalue weighted by Gasteiger charge is -2.35. The van der Waals surface area contributed by atoms with Gasteiger partial charge in [-0.25, -0.2) is 4.39 Å². The molecule has 2 aromatic rings. The number of hydrogen-bond acceptors (Lipinski definition) is 4. The first-order valence-electron chi connectivity index (χ1n) is 10.8. The van der Waals surface area contributed by atoms with Crippen molar-refractivity contribution >= 4 is 17.1 Å². The number of nitrogens with zero attached hydrogens (tertiary/aromatic N) is 1. The molecule has 1 aliphatic rings. The third-order valence-electron chi connectivity index (χ3n) is 5.32. The topological polar surface area (TPSA) is 88.0 Å². The van der Waals surface area contributed by atoms with Gasteiger partial charge in [0.2, 0.25) is 11.4 Å². The number of amides is 1. The maximum atomic E-state index is 14.7. The lowest BCUT2D eigenvalue weighted by Crippen LogP contribution is -2.61. The Kier molecular flexibility index (Phi) is 8.79. The van der Waals surface area contributed by atoms with Gasteiger partial charge in [-0.1, -0.05) is 54.3 Å². The Morgan fingerprint density at radius 2 is 1.80 bits per heavy atom. The fourth-order valence-electron chi connectivity index (χ4n) is 3.34. The number of nitriles is 1. The number of carbonyl (C=O) groups is 1. The van der Waals surface area contributed by atoms with E-state index in [0.717, 1.165) is 24.3 Å². The van der Waals surface area contributed by atoms with Crippen molar-refractivity contribution < 1.29 is 26.9 Å². The monoisotopic (exact) mass is 505 g/mol. The zero-order valence-corrected chi connectivity index (χ0v) is 19.4. The van der Waals surface area contributed by atoms with Crippen LogP contribution in [0.15, 0.2) is 54.6 Å². The fourth-order valence-corrected chi connectivity index (χ4v) is 4.63. The molecule has 0 saturated heterocycles. The highest BCUT2D eigenvalue weighted by atomic mass is 32.2. The van der Waals surface area contributed by atoms with Gasteiger partial charge in [-0.05, 0) is 41.7 Å². The summed E-state index contributed by atoms with van der Waals surface area (Å²) in [6.07, 6.45) is -3.68. The van der Waals surface area contributed by atoms with Crippen molar-refractivity contribution in [2.45, 2.75) is 36.4 Å². The third-order valence-corrected chi connectivity index (χ3v) is 6.68. The smallest absolute Gasteiger partial charge is 0.422 e. The summed E-state index contributed by atoms with van der Waals surface area (Å²) in [6.45, 7) is -0.439. The van der Waals surface area contributed by atoms with E-state index >= 15 is 0 Å². The van der Waals surface area contributed by atoms with E-state index in [1.54, 1.807) is 36.4 Å². The molecule has 3 rings (SSSR count). The van der Waals surface area contributed by atoms with E-state index in [-0.39, 0.29) is 11.7 Å². The van der Waals surface area contributed by atoms with E-state index in [9.17, 15) is 26.9 Å². The van der Waals surface area contributed by atoms with Crippen LogP contribution in [0.25, 0.3) is 0 Å². The Labute approximate surface area is 204 Å².